The second-order valence-electron chi connectivity index (χ2n) is 5.32. The lowest BCUT2D eigenvalue weighted by molar-refractivity contribution is -0.392. The number of hydrogen-bond acceptors (Lipinski definition) is 5. The van der Waals surface area contributed by atoms with E-state index in [1.165, 1.54) is 6.07 Å². The van der Waals surface area contributed by atoms with Crippen LogP contribution in [0, 0.1) is 27.2 Å². The average Bonchev–Trinajstić information content (AvgIpc) is 2.28. The molecule has 1 rings (SSSR count). The largest absolute Gasteiger partial charge is 0.372 e. The van der Waals surface area contributed by atoms with E-state index in [1.54, 1.807) is 20.8 Å². The Kier molecular flexibility index (Phi) is 4.65. The molecule has 20 heavy (non-hydrogen) atoms. The number of nitro groups is 2. The molecule has 0 radical (unpaired) electrons. The minimum Gasteiger partial charge on any atom is -0.372 e. The molecule has 0 amide bonds. The number of aryl methyl sites for hydroxylation is 1. The summed E-state index contributed by atoms with van der Waals surface area (Å²) >= 11 is 0. The molecule has 0 aliphatic carbocycles. The van der Waals surface area contributed by atoms with Gasteiger partial charge < -0.3 is 5.32 Å². The summed E-state index contributed by atoms with van der Waals surface area (Å²) < 4.78 is 0. The van der Waals surface area contributed by atoms with E-state index in [0.717, 1.165) is 0 Å². The van der Waals surface area contributed by atoms with Crippen molar-refractivity contribution in [2.75, 3.05) is 5.32 Å². The molecule has 0 spiro atoms. The zero-order valence-corrected chi connectivity index (χ0v) is 12.3. The molecule has 1 aromatic rings. The third kappa shape index (κ3) is 3.04. The first kappa shape index (κ1) is 15.9. The fourth-order valence-corrected chi connectivity index (χ4v) is 2.29. The van der Waals surface area contributed by atoms with Gasteiger partial charge in [0.15, 0.2) is 5.69 Å². The highest BCUT2D eigenvalue weighted by Gasteiger charge is 2.32. The van der Waals surface area contributed by atoms with E-state index in [4.69, 9.17) is 0 Å². The van der Waals surface area contributed by atoms with Crippen LogP contribution in [0.1, 0.15) is 44.7 Å². The van der Waals surface area contributed by atoms with Crippen LogP contribution < -0.4 is 5.32 Å². The number of benzene rings is 1. The van der Waals surface area contributed by atoms with E-state index in [2.05, 4.69) is 5.32 Å². The first-order chi connectivity index (χ1) is 9.16. The Morgan fingerprint density at radius 2 is 1.65 bits per heavy atom. The molecular formula is C13H19N3O4. The summed E-state index contributed by atoms with van der Waals surface area (Å²) in [4.78, 5) is 21.4. The number of anilines is 1. The first-order valence-corrected chi connectivity index (χ1v) is 6.39. The molecule has 0 unspecified atom stereocenters. The smallest absolute Gasteiger partial charge is 0.303 e. The molecule has 0 saturated heterocycles. The van der Waals surface area contributed by atoms with Gasteiger partial charge in [0.25, 0.3) is 5.69 Å². The minimum absolute atomic E-state index is 0.00991. The zero-order chi connectivity index (χ0) is 15.6. The quantitative estimate of drug-likeness (QED) is 0.654. The Morgan fingerprint density at radius 3 is 2.00 bits per heavy atom. The van der Waals surface area contributed by atoms with Crippen LogP contribution in [0.25, 0.3) is 0 Å². The monoisotopic (exact) mass is 281 g/mol. The van der Waals surface area contributed by atoms with Crippen molar-refractivity contribution >= 4 is 17.1 Å². The number of nitrogens with one attached hydrogen (secondary N) is 1. The summed E-state index contributed by atoms with van der Waals surface area (Å²) in [7, 11) is 0. The molecule has 0 atom stereocenters. The Hall–Kier alpha value is -2.18. The first-order valence-electron chi connectivity index (χ1n) is 6.39. The van der Waals surface area contributed by atoms with E-state index in [0.29, 0.717) is 11.1 Å². The summed E-state index contributed by atoms with van der Waals surface area (Å²) in [5.74, 6) is -0.0936. The van der Waals surface area contributed by atoms with Crippen LogP contribution >= 0.6 is 0 Å². The van der Waals surface area contributed by atoms with Crippen molar-refractivity contribution in [1.82, 2.24) is 0 Å². The predicted octanol–water partition coefficient (Wildman–Crippen LogP) is 3.76. The van der Waals surface area contributed by atoms with Gasteiger partial charge >= 0.3 is 5.69 Å². The third-order valence-electron chi connectivity index (χ3n) is 2.92. The van der Waals surface area contributed by atoms with Gasteiger partial charge in [0.05, 0.1) is 9.85 Å². The van der Waals surface area contributed by atoms with E-state index in [1.807, 2.05) is 13.8 Å². The van der Waals surface area contributed by atoms with Crippen LogP contribution in [-0.4, -0.2) is 15.9 Å². The van der Waals surface area contributed by atoms with Crippen LogP contribution in [0.15, 0.2) is 6.07 Å². The summed E-state index contributed by atoms with van der Waals surface area (Å²) in [6, 6.07) is 1.25. The van der Waals surface area contributed by atoms with Gasteiger partial charge in [-0.2, -0.15) is 0 Å². The van der Waals surface area contributed by atoms with Crippen molar-refractivity contribution in [3.63, 3.8) is 0 Å². The van der Waals surface area contributed by atoms with E-state index >= 15 is 0 Å². The molecule has 0 heterocycles. The molecule has 0 aromatic heterocycles. The van der Waals surface area contributed by atoms with Crippen molar-refractivity contribution in [3.8, 4) is 0 Å². The lowest BCUT2D eigenvalue weighted by atomic mass is 9.94. The number of nitrogens with zero attached hydrogens (tertiary/aromatic N) is 2. The van der Waals surface area contributed by atoms with E-state index in [9.17, 15) is 20.2 Å². The predicted molar refractivity (Wildman–Crippen MR) is 77.3 cm³/mol. The van der Waals surface area contributed by atoms with Gasteiger partial charge in [-0.1, -0.05) is 13.8 Å². The van der Waals surface area contributed by atoms with Crippen molar-refractivity contribution in [2.45, 2.75) is 46.6 Å². The molecule has 0 aliphatic heterocycles. The lowest BCUT2D eigenvalue weighted by Crippen LogP contribution is -2.15. The van der Waals surface area contributed by atoms with Crippen molar-refractivity contribution in [2.24, 2.45) is 0 Å². The Bertz CT molecular complexity index is 553. The SMILES string of the molecule is Cc1cc([N+](=O)[O-])c(NC(C)C)c([N+](=O)[O-])c1C(C)C. The molecule has 110 valence electrons. The van der Waals surface area contributed by atoms with Gasteiger partial charge in [-0.25, -0.2) is 0 Å². The van der Waals surface area contributed by atoms with Gasteiger partial charge in [0, 0.05) is 17.7 Å². The normalized spacial score (nSPS) is 10.9. The molecule has 1 N–H and O–H groups in total. The standard InChI is InChI=1S/C13H19N3O4/c1-7(2)11-9(5)6-10(15(17)18)12(14-8(3)4)13(11)16(19)20/h6-8,14H,1-5H3. The highest BCUT2D eigenvalue weighted by molar-refractivity contribution is 5.78. The third-order valence-corrected chi connectivity index (χ3v) is 2.92. The van der Waals surface area contributed by atoms with Gasteiger partial charge in [-0.3, -0.25) is 20.2 Å². The van der Waals surface area contributed by atoms with Crippen LogP contribution in [-0.2, 0) is 0 Å². The maximum atomic E-state index is 11.4. The van der Waals surface area contributed by atoms with Crippen molar-refractivity contribution < 1.29 is 9.85 Å². The zero-order valence-electron chi connectivity index (χ0n) is 12.3. The molecule has 7 heteroatoms. The minimum atomic E-state index is -0.588. The summed E-state index contributed by atoms with van der Waals surface area (Å²) in [5.41, 5.74) is 0.633. The molecule has 0 aliphatic rings. The van der Waals surface area contributed by atoms with Crippen LogP contribution in [0.4, 0.5) is 17.1 Å². The lowest BCUT2D eigenvalue weighted by Gasteiger charge is -2.16. The molecule has 0 fully saturated rings. The number of hydrogen-bond donors (Lipinski definition) is 1. The Labute approximate surface area is 117 Å². The number of rotatable bonds is 5. The summed E-state index contributed by atoms with van der Waals surface area (Å²) in [6.07, 6.45) is 0. The van der Waals surface area contributed by atoms with Gasteiger partial charge in [-0.15, -0.1) is 0 Å². The van der Waals surface area contributed by atoms with Gasteiger partial charge in [-0.05, 0) is 32.3 Å². The van der Waals surface area contributed by atoms with E-state index < -0.39 is 9.85 Å². The highest BCUT2D eigenvalue weighted by atomic mass is 16.6. The fraction of sp³-hybridized carbons (Fsp3) is 0.538. The van der Waals surface area contributed by atoms with E-state index in [-0.39, 0.29) is 29.0 Å². The van der Waals surface area contributed by atoms with Crippen LogP contribution in [0.5, 0.6) is 0 Å². The second kappa shape index (κ2) is 5.85. The maximum absolute atomic E-state index is 11.4. The van der Waals surface area contributed by atoms with Crippen LogP contribution in [0.2, 0.25) is 0 Å². The molecule has 7 nitrogen and oxygen atoms in total. The molecule has 0 bridgehead atoms. The maximum Gasteiger partial charge on any atom is 0.303 e. The summed E-state index contributed by atoms with van der Waals surface area (Å²) in [5, 5.41) is 25.4. The highest BCUT2D eigenvalue weighted by Crippen LogP contribution is 2.42. The van der Waals surface area contributed by atoms with Crippen molar-refractivity contribution in [1.29, 1.82) is 0 Å². The van der Waals surface area contributed by atoms with Crippen LogP contribution in [0.3, 0.4) is 0 Å². The second-order valence-corrected chi connectivity index (χ2v) is 5.32. The fourth-order valence-electron chi connectivity index (χ4n) is 2.29. The Balaban J connectivity index is 3.76. The van der Waals surface area contributed by atoms with Gasteiger partial charge in [0.1, 0.15) is 0 Å². The summed E-state index contributed by atoms with van der Waals surface area (Å²) in [6.45, 7) is 8.89. The topological polar surface area (TPSA) is 98.3 Å². The number of nitro benzene ring substituents is 2. The average molecular weight is 281 g/mol. The molecule has 0 saturated carbocycles. The molecule has 1 aromatic carbocycles. The molecular weight excluding hydrogens is 262 g/mol. The Morgan fingerprint density at radius 1 is 1.10 bits per heavy atom. The van der Waals surface area contributed by atoms with Crippen molar-refractivity contribution in [3.05, 3.63) is 37.4 Å². The van der Waals surface area contributed by atoms with Gasteiger partial charge in [0.2, 0.25) is 0 Å².